The maximum Gasteiger partial charge on any atom is 0.239 e. The van der Waals surface area contributed by atoms with Gasteiger partial charge in [-0.25, -0.2) is 0 Å². The van der Waals surface area contributed by atoms with Crippen LogP contribution >= 0.6 is 0 Å². The molecule has 4 nitrogen and oxygen atoms in total. The van der Waals surface area contributed by atoms with E-state index in [1.807, 2.05) is 30.0 Å². The number of amides is 1. The van der Waals surface area contributed by atoms with Crippen molar-refractivity contribution in [2.45, 2.75) is 26.3 Å². The second-order valence-corrected chi connectivity index (χ2v) is 6.35. The van der Waals surface area contributed by atoms with Crippen LogP contribution < -0.4 is 5.73 Å². The zero-order chi connectivity index (χ0) is 16.7. The summed E-state index contributed by atoms with van der Waals surface area (Å²) in [6.07, 6.45) is 5.28. The van der Waals surface area contributed by atoms with E-state index in [9.17, 15) is 4.79 Å². The lowest BCUT2D eigenvalue weighted by molar-refractivity contribution is -0.135. The molecule has 1 heterocycles. The zero-order valence-electron chi connectivity index (χ0n) is 14.3. The molecular weight excluding hydrogens is 286 g/mol. The van der Waals surface area contributed by atoms with Crippen LogP contribution in [-0.2, 0) is 4.79 Å². The van der Waals surface area contributed by atoms with E-state index in [1.54, 1.807) is 0 Å². The average molecular weight is 315 g/mol. The number of carbonyl (C=O) groups is 1. The molecule has 23 heavy (non-hydrogen) atoms. The summed E-state index contributed by atoms with van der Waals surface area (Å²) >= 11 is 0. The molecule has 0 bridgehead atoms. The van der Waals surface area contributed by atoms with Gasteiger partial charge in [-0.1, -0.05) is 62.8 Å². The molecule has 1 aliphatic heterocycles. The van der Waals surface area contributed by atoms with Crippen LogP contribution in [0.25, 0.3) is 6.08 Å². The first kappa shape index (κ1) is 17.7. The summed E-state index contributed by atoms with van der Waals surface area (Å²) in [5, 5.41) is 0. The molecule has 1 aromatic carbocycles. The summed E-state index contributed by atoms with van der Waals surface area (Å²) in [7, 11) is 0. The molecule has 0 aromatic heterocycles. The number of rotatable bonds is 6. The number of piperazine rings is 1. The van der Waals surface area contributed by atoms with Gasteiger partial charge in [-0.2, -0.15) is 0 Å². The lowest BCUT2D eigenvalue weighted by Crippen LogP contribution is -2.54. The molecule has 1 aliphatic rings. The Bertz CT molecular complexity index is 507. The highest BCUT2D eigenvalue weighted by molar-refractivity contribution is 5.82. The van der Waals surface area contributed by atoms with Crippen molar-refractivity contribution in [2.24, 2.45) is 11.7 Å². The minimum atomic E-state index is -0.357. The van der Waals surface area contributed by atoms with Crippen molar-refractivity contribution >= 4 is 12.0 Å². The Kier molecular flexibility index (Phi) is 6.81. The summed E-state index contributed by atoms with van der Waals surface area (Å²) in [4.78, 5) is 16.7. The Morgan fingerprint density at radius 2 is 1.87 bits per heavy atom. The van der Waals surface area contributed by atoms with E-state index in [1.165, 1.54) is 5.56 Å². The first-order valence-corrected chi connectivity index (χ1v) is 8.60. The third-order valence-corrected chi connectivity index (χ3v) is 4.70. The molecule has 4 heteroatoms. The van der Waals surface area contributed by atoms with E-state index in [0.29, 0.717) is 0 Å². The highest BCUT2D eigenvalue weighted by Gasteiger charge is 2.27. The smallest absolute Gasteiger partial charge is 0.239 e. The van der Waals surface area contributed by atoms with Crippen molar-refractivity contribution in [1.29, 1.82) is 0 Å². The predicted octanol–water partition coefficient (Wildman–Crippen LogP) is 2.22. The fraction of sp³-hybridized carbons (Fsp3) is 0.526. The quantitative estimate of drug-likeness (QED) is 0.876. The number of hydrogen-bond donors (Lipinski definition) is 1. The number of carbonyl (C=O) groups excluding carboxylic acids is 1. The number of hydrogen-bond acceptors (Lipinski definition) is 3. The van der Waals surface area contributed by atoms with E-state index < -0.39 is 0 Å². The minimum Gasteiger partial charge on any atom is -0.339 e. The van der Waals surface area contributed by atoms with Crippen molar-refractivity contribution in [3.63, 3.8) is 0 Å². The van der Waals surface area contributed by atoms with Crippen molar-refractivity contribution in [3.8, 4) is 0 Å². The van der Waals surface area contributed by atoms with Crippen LogP contribution in [0.2, 0.25) is 0 Å². The highest BCUT2D eigenvalue weighted by atomic mass is 16.2. The number of nitrogens with zero attached hydrogens (tertiary/aromatic N) is 2. The van der Waals surface area contributed by atoms with Gasteiger partial charge in [0, 0.05) is 32.7 Å². The second kappa shape index (κ2) is 8.85. The first-order chi connectivity index (χ1) is 11.1. The van der Waals surface area contributed by atoms with Gasteiger partial charge in [-0.05, 0) is 11.5 Å². The molecule has 2 rings (SSSR count). The molecule has 0 spiro atoms. The first-order valence-electron chi connectivity index (χ1n) is 8.60. The van der Waals surface area contributed by atoms with Crippen LogP contribution in [0.15, 0.2) is 36.4 Å². The third kappa shape index (κ3) is 5.19. The van der Waals surface area contributed by atoms with Crippen molar-refractivity contribution in [1.82, 2.24) is 9.80 Å². The fourth-order valence-corrected chi connectivity index (χ4v) is 2.76. The number of benzene rings is 1. The molecule has 1 amide bonds. The van der Waals surface area contributed by atoms with Crippen molar-refractivity contribution in [2.75, 3.05) is 32.7 Å². The Labute approximate surface area is 140 Å². The highest BCUT2D eigenvalue weighted by Crippen LogP contribution is 2.11. The van der Waals surface area contributed by atoms with Crippen LogP contribution in [0, 0.1) is 5.92 Å². The van der Waals surface area contributed by atoms with Gasteiger partial charge >= 0.3 is 0 Å². The summed E-state index contributed by atoms with van der Waals surface area (Å²) in [5.41, 5.74) is 7.29. The van der Waals surface area contributed by atoms with Crippen molar-refractivity contribution in [3.05, 3.63) is 42.0 Å². The van der Waals surface area contributed by atoms with Crippen LogP contribution in [0.3, 0.4) is 0 Å². The van der Waals surface area contributed by atoms with Gasteiger partial charge < -0.3 is 10.6 Å². The van der Waals surface area contributed by atoms with Crippen LogP contribution in [0.4, 0.5) is 0 Å². The van der Waals surface area contributed by atoms with Gasteiger partial charge in [0.05, 0.1) is 6.04 Å². The Morgan fingerprint density at radius 1 is 1.22 bits per heavy atom. The molecule has 1 unspecified atom stereocenters. The second-order valence-electron chi connectivity index (χ2n) is 6.35. The Hall–Kier alpha value is -1.65. The summed E-state index contributed by atoms with van der Waals surface area (Å²) < 4.78 is 0. The average Bonchev–Trinajstić information content (AvgIpc) is 2.61. The van der Waals surface area contributed by atoms with E-state index in [2.05, 4.69) is 36.1 Å². The normalized spacial score (nSPS) is 19.0. The number of nitrogens with two attached hydrogens (primary N) is 1. The molecule has 126 valence electrons. The SMILES string of the molecule is CCC(C)[C@H](N)C(=O)N1CCN(C/C=C/c2ccccc2)CC1. The van der Waals surface area contributed by atoms with Gasteiger partial charge in [0.25, 0.3) is 0 Å². The third-order valence-electron chi connectivity index (χ3n) is 4.70. The minimum absolute atomic E-state index is 0.110. The molecule has 0 saturated carbocycles. The molecule has 2 N–H and O–H groups in total. The fourth-order valence-electron chi connectivity index (χ4n) is 2.76. The summed E-state index contributed by atoms with van der Waals surface area (Å²) in [6, 6.07) is 9.96. The molecule has 1 aromatic rings. The largest absolute Gasteiger partial charge is 0.339 e. The molecule has 1 saturated heterocycles. The maximum atomic E-state index is 12.4. The van der Waals surface area contributed by atoms with Gasteiger partial charge in [0.1, 0.15) is 0 Å². The molecular formula is C19H29N3O. The maximum absolute atomic E-state index is 12.4. The van der Waals surface area contributed by atoms with Gasteiger partial charge in [-0.3, -0.25) is 9.69 Å². The monoisotopic (exact) mass is 315 g/mol. The van der Waals surface area contributed by atoms with Crippen molar-refractivity contribution < 1.29 is 4.79 Å². The van der Waals surface area contributed by atoms with Gasteiger partial charge in [0.2, 0.25) is 5.91 Å². The van der Waals surface area contributed by atoms with E-state index in [0.717, 1.165) is 39.1 Å². The molecule has 0 radical (unpaired) electrons. The van der Waals surface area contributed by atoms with Gasteiger partial charge in [0.15, 0.2) is 0 Å². The summed E-state index contributed by atoms with van der Waals surface area (Å²) in [5.74, 6) is 0.355. The lowest BCUT2D eigenvalue weighted by Gasteiger charge is -2.36. The zero-order valence-corrected chi connectivity index (χ0v) is 14.3. The predicted molar refractivity (Wildman–Crippen MR) is 95.9 cm³/mol. The molecule has 1 fully saturated rings. The standard InChI is InChI=1S/C19H29N3O/c1-3-16(2)18(20)19(23)22-14-12-21(13-15-22)11-7-10-17-8-5-4-6-9-17/h4-10,16,18H,3,11-15,20H2,1-2H3/b10-7+/t16?,18-/m0/s1. The van der Waals surface area contributed by atoms with Gasteiger partial charge in [-0.15, -0.1) is 0 Å². The topological polar surface area (TPSA) is 49.6 Å². The van der Waals surface area contributed by atoms with Crippen LogP contribution in [0.5, 0.6) is 0 Å². The lowest BCUT2D eigenvalue weighted by atomic mass is 9.98. The van der Waals surface area contributed by atoms with E-state index in [-0.39, 0.29) is 17.9 Å². The summed E-state index contributed by atoms with van der Waals surface area (Å²) in [6.45, 7) is 8.44. The Morgan fingerprint density at radius 3 is 2.48 bits per heavy atom. The van der Waals surface area contributed by atoms with E-state index >= 15 is 0 Å². The van der Waals surface area contributed by atoms with E-state index in [4.69, 9.17) is 5.73 Å². The van der Waals surface area contributed by atoms with Crippen LogP contribution in [0.1, 0.15) is 25.8 Å². The van der Waals surface area contributed by atoms with Crippen LogP contribution in [-0.4, -0.2) is 54.5 Å². The Balaban J connectivity index is 1.75. The molecule has 2 atom stereocenters. The molecule has 0 aliphatic carbocycles.